The Labute approximate surface area is 417 Å². The van der Waals surface area contributed by atoms with E-state index in [9.17, 15) is 110 Å². The van der Waals surface area contributed by atoms with Crippen LogP contribution >= 0.6 is 0 Å². The van der Waals surface area contributed by atoms with Gasteiger partial charge in [0, 0.05) is 5.56 Å². The highest BCUT2D eigenvalue weighted by molar-refractivity contribution is 7.20. The standard InChI is InChI=1S/C32H12BF24.C16H19N2O2/c34-25(35,36)13-1-14(26(37,38)39)6-21(5-13)33(22-7-15(27(40,41)42)2-16(8-22)28(43,44)45,23-9-17(29(46,47)48)3-18(10-23)30(49,50)51)24-11-19(31(52,53)54)4-20(12-24)32(55,56)57;1-2-3-11-20-16(19)15-12-17-9-10-18(15)13-14-7-5-4-6-8-14/h1-12H;4-10,12H,2-3,11,13H2,1H3/q-1;+1. The lowest BCUT2D eigenvalue weighted by atomic mass is 9.12. The molecule has 0 radical (unpaired) electrons. The normalized spacial score (nSPS) is 13.3. The Balaban J connectivity index is 0.000000455. The smallest absolute Gasteiger partial charge is 0.416 e. The van der Waals surface area contributed by atoms with Gasteiger partial charge >= 0.3 is 61.1 Å². The quantitative estimate of drug-likeness (QED) is 0.0451. The Morgan fingerprint density at radius 2 is 0.740 bits per heavy atom. The number of hydrogen-bond donors (Lipinski definition) is 0. The van der Waals surface area contributed by atoms with Gasteiger partial charge in [0.15, 0.2) is 12.7 Å². The van der Waals surface area contributed by atoms with Crippen molar-refractivity contribution >= 4 is 34.0 Å². The van der Waals surface area contributed by atoms with Crippen molar-refractivity contribution in [1.29, 1.82) is 0 Å². The Bertz CT molecular complexity index is 2610. The number of aromatic nitrogens is 2. The van der Waals surface area contributed by atoms with E-state index in [4.69, 9.17) is 4.74 Å². The third kappa shape index (κ3) is 14.7. The zero-order chi connectivity index (χ0) is 58.1. The van der Waals surface area contributed by atoms with Crippen LogP contribution in [0, 0.1) is 0 Å². The molecule has 0 spiro atoms. The maximum Gasteiger partial charge on any atom is 0.416 e. The van der Waals surface area contributed by atoms with Gasteiger partial charge in [0.1, 0.15) is 12.3 Å². The lowest BCUT2D eigenvalue weighted by Gasteiger charge is -2.46. The highest BCUT2D eigenvalue weighted by atomic mass is 19.4. The molecule has 0 fully saturated rings. The second kappa shape index (κ2) is 21.8. The molecule has 0 N–H and O–H groups in total. The number of nitrogens with zero attached hydrogens (tertiary/aromatic N) is 2. The molecule has 0 aliphatic carbocycles. The molecule has 416 valence electrons. The van der Waals surface area contributed by atoms with E-state index in [0.717, 1.165) is 18.4 Å². The third-order valence-electron chi connectivity index (χ3n) is 11.4. The lowest BCUT2D eigenvalue weighted by molar-refractivity contribution is -0.691. The molecule has 1 heterocycles. The summed E-state index contributed by atoms with van der Waals surface area (Å²) < 4.78 is 348. The van der Waals surface area contributed by atoms with Crippen LogP contribution < -0.4 is 26.4 Å². The topological polar surface area (TPSA) is 43.1 Å². The Morgan fingerprint density at radius 3 is 1.00 bits per heavy atom. The van der Waals surface area contributed by atoms with Crippen molar-refractivity contribution in [3.05, 3.63) is 177 Å². The van der Waals surface area contributed by atoms with E-state index in [1.165, 1.54) is 0 Å². The predicted molar refractivity (Wildman–Crippen MR) is 225 cm³/mol. The highest BCUT2D eigenvalue weighted by Gasteiger charge is 2.47. The van der Waals surface area contributed by atoms with Gasteiger partial charge in [0.05, 0.1) is 57.3 Å². The number of benzene rings is 5. The number of hydrogen-bond acceptors (Lipinski definition) is 3. The molecule has 0 saturated heterocycles. The van der Waals surface area contributed by atoms with Crippen molar-refractivity contribution in [3.8, 4) is 0 Å². The van der Waals surface area contributed by atoms with Crippen LogP contribution in [0.1, 0.15) is 80.3 Å². The van der Waals surface area contributed by atoms with Crippen molar-refractivity contribution in [2.45, 2.75) is 75.7 Å². The minimum absolute atomic E-state index is 0.317. The van der Waals surface area contributed by atoms with Gasteiger partial charge in [-0.15, -0.1) is 0 Å². The van der Waals surface area contributed by atoms with Crippen LogP contribution in [0.3, 0.4) is 0 Å². The SMILES string of the molecule is CCCCOC(=O)c1cncc[n+]1Cc1ccccc1.FC(F)(F)c1cc([B-](c2cc(C(F)(F)F)cc(C(F)(F)F)c2)(c2cc(C(F)(F)F)cc(C(F)(F)F)c2)c2cc(C(F)(F)F)cc(C(F)(F)F)c2)cc(C(F)(F)F)c1. The number of carbonyl (C=O) groups is 1. The van der Waals surface area contributed by atoms with Gasteiger partial charge in [0.25, 0.3) is 0 Å². The lowest BCUT2D eigenvalue weighted by Crippen LogP contribution is -2.75. The van der Waals surface area contributed by atoms with Crippen molar-refractivity contribution in [2.75, 3.05) is 6.61 Å². The van der Waals surface area contributed by atoms with Gasteiger partial charge in [0.2, 0.25) is 0 Å². The fourth-order valence-corrected chi connectivity index (χ4v) is 7.93. The van der Waals surface area contributed by atoms with E-state index < -0.39 is 195 Å². The zero-order valence-corrected chi connectivity index (χ0v) is 38.2. The van der Waals surface area contributed by atoms with Gasteiger partial charge in [-0.3, -0.25) is 4.98 Å². The van der Waals surface area contributed by atoms with E-state index in [1.807, 2.05) is 34.9 Å². The van der Waals surface area contributed by atoms with E-state index >= 15 is 0 Å². The minimum Gasteiger partial charge on any atom is -0.458 e. The molecule has 0 amide bonds. The number of rotatable bonds is 10. The first kappa shape index (κ1) is 60.9. The van der Waals surface area contributed by atoms with Crippen LogP contribution in [0.5, 0.6) is 0 Å². The molecule has 6 aromatic rings. The molecule has 5 aromatic carbocycles. The molecule has 6 rings (SSSR count). The Kier molecular flexibility index (Phi) is 17.3. The summed E-state index contributed by atoms with van der Waals surface area (Å²) in [7, 11) is 0. The van der Waals surface area contributed by atoms with Gasteiger partial charge in [-0.05, 0) is 30.7 Å². The summed E-state index contributed by atoms with van der Waals surface area (Å²) in [6, 6.07) is 1.18. The molecule has 0 unspecified atom stereocenters. The second-order valence-corrected chi connectivity index (χ2v) is 16.8. The molecule has 77 heavy (non-hydrogen) atoms. The van der Waals surface area contributed by atoms with Crippen LogP contribution in [0.15, 0.2) is 122 Å². The molecular weight excluding hydrogens is 1100 g/mol. The average Bonchev–Trinajstić information content (AvgIpc) is 3.30. The number of halogens is 24. The highest BCUT2D eigenvalue weighted by Crippen LogP contribution is 2.41. The number of ether oxygens (including phenoxy) is 1. The van der Waals surface area contributed by atoms with Crippen molar-refractivity contribution < 1.29 is 119 Å². The summed E-state index contributed by atoms with van der Waals surface area (Å²) in [5, 5.41) is 0. The first-order valence-corrected chi connectivity index (χ1v) is 21.5. The zero-order valence-electron chi connectivity index (χ0n) is 38.2. The number of alkyl halides is 24. The third-order valence-corrected chi connectivity index (χ3v) is 11.4. The molecule has 0 aliphatic heterocycles. The van der Waals surface area contributed by atoms with Crippen LogP contribution in [-0.2, 0) is 60.7 Å². The molecule has 29 heteroatoms. The predicted octanol–water partition coefficient (Wildman–Crippen LogP) is 13.6. The number of unbranched alkanes of at least 4 members (excludes halogenated alkanes) is 1. The maximum absolute atomic E-state index is 14.2. The van der Waals surface area contributed by atoms with Crippen LogP contribution in [0.4, 0.5) is 105 Å². The minimum atomic E-state index is -6.13. The molecule has 4 nitrogen and oxygen atoms in total. The second-order valence-electron chi connectivity index (χ2n) is 16.8. The summed E-state index contributed by atoms with van der Waals surface area (Å²) in [4.78, 5) is 16.1. The molecule has 0 atom stereocenters. The summed E-state index contributed by atoms with van der Waals surface area (Å²) in [6.45, 7) is 3.14. The average molecular weight is 1130 g/mol. The number of carbonyl (C=O) groups excluding carboxylic acids is 1. The van der Waals surface area contributed by atoms with Gasteiger partial charge in [-0.1, -0.05) is 92.2 Å². The first-order chi connectivity index (χ1) is 35.1. The van der Waals surface area contributed by atoms with Crippen molar-refractivity contribution in [3.63, 3.8) is 0 Å². The van der Waals surface area contributed by atoms with Gasteiger partial charge in [-0.2, -0.15) is 132 Å². The van der Waals surface area contributed by atoms with E-state index in [2.05, 4.69) is 11.9 Å². The fourth-order valence-electron chi connectivity index (χ4n) is 7.93. The summed E-state index contributed by atoms with van der Waals surface area (Å²) in [6.07, 6.45) is -47.9. The van der Waals surface area contributed by atoms with E-state index in [0.29, 0.717) is 18.8 Å². The molecule has 1 aromatic heterocycles. The molecule has 0 saturated carbocycles. The van der Waals surface area contributed by atoms with Gasteiger partial charge < -0.3 is 4.74 Å². The van der Waals surface area contributed by atoms with Crippen LogP contribution in [-0.4, -0.2) is 23.7 Å². The van der Waals surface area contributed by atoms with Crippen LogP contribution in [0.2, 0.25) is 0 Å². The Morgan fingerprint density at radius 1 is 0.455 bits per heavy atom. The van der Waals surface area contributed by atoms with Gasteiger partial charge in [-0.25, -0.2) is 4.79 Å². The van der Waals surface area contributed by atoms with Crippen molar-refractivity contribution in [2.24, 2.45) is 0 Å². The summed E-state index contributed by atoms with van der Waals surface area (Å²) >= 11 is 0. The van der Waals surface area contributed by atoms with E-state index in [1.54, 1.807) is 18.6 Å². The van der Waals surface area contributed by atoms with Crippen LogP contribution in [0.25, 0.3) is 0 Å². The molecule has 0 aliphatic rings. The summed E-state index contributed by atoms with van der Waals surface area (Å²) in [5.41, 5.74) is -28.6. The monoisotopic (exact) mass is 1130 g/mol. The Hall–Kier alpha value is -6.97. The largest absolute Gasteiger partial charge is 0.458 e. The maximum atomic E-state index is 14.2. The van der Waals surface area contributed by atoms with E-state index in [-0.39, 0.29) is 5.97 Å². The number of esters is 1. The van der Waals surface area contributed by atoms with Crippen molar-refractivity contribution in [1.82, 2.24) is 4.98 Å². The molecular formula is C48H31BF24N2O2. The first-order valence-electron chi connectivity index (χ1n) is 21.5. The summed E-state index contributed by atoms with van der Waals surface area (Å²) in [5.74, 6) is -0.317. The molecule has 0 bridgehead atoms. The fraction of sp³-hybridized carbons (Fsp3) is 0.271.